The van der Waals surface area contributed by atoms with Gasteiger partial charge in [-0.1, -0.05) is 13.3 Å². The molecule has 0 rings (SSSR count). The number of hydrogen-bond donors (Lipinski definition) is 3. The molecule has 0 amide bonds. The molecule has 0 aromatic heterocycles. The molecule has 1 unspecified atom stereocenters. The monoisotopic (exact) mass is 217 g/mol. The molecular weight excluding hydrogens is 194 g/mol. The van der Waals surface area contributed by atoms with E-state index in [0.717, 1.165) is 25.8 Å². The van der Waals surface area contributed by atoms with Gasteiger partial charge >= 0.3 is 5.97 Å². The van der Waals surface area contributed by atoms with Crippen molar-refractivity contribution in [3.8, 4) is 0 Å². The number of carboxylic acid groups (broad SMARTS) is 1. The smallest absolute Gasteiger partial charge is 0.303 e. The predicted molar refractivity (Wildman–Crippen MR) is 59.9 cm³/mol. The lowest BCUT2D eigenvalue weighted by molar-refractivity contribution is -0.137. The lowest BCUT2D eigenvalue weighted by atomic mass is 10.0. The van der Waals surface area contributed by atoms with Crippen molar-refractivity contribution in [1.29, 1.82) is 0 Å². The Hall–Kier alpha value is -0.610. The number of unbranched alkanes of at least 4 members (excludes halogenated alkanes) is 1. The summed E-state index contributed by atoms with van der Waals surface area (Å²) in [6.07, 6.45) is 3.52. The molecule has 0 aliphatic rings. The Bertz CT molecular complexity index is 181. The molecule has 0 saturated carbocycles. The minimum Gasteiger partial charge on any atom is -0.481 e. The Morgan fingerprint density at radius 2 is 2.07 bits per heavy atom. The fourth-order valence-electron chi connectivity index (χ4n) is 1.51. The molecule has 0 spiro atoms. The third-order valence-electron chi connectivity index (χ3n) is 2.29. The van der Waals surface area contributed by atoms with Crippen molar-refractivity contribution >= 4 is 5.97 Å². The minimum absolute atomic E-state index is 0.229. The molecule has 4 heteroatoms. The lowest BCUT2D eigenvalue weighted by Gasteiger charge is -2.22. The Morgan fingerprint density at radius 3 is 2.60 bits per heavy atom. The van der Waals surface area contributed by atoms with E-state index < -0.39 is 11.6 Å². The van der Waals surface area contributed by atoms with Crippen LogP contribution in [-0.2, 0) is 4.79 Å². The number of nitrogens with one attached hydrogen (secondary N) is 1. The summed E-state index contributed by atoms with van der Waals surface area (Å²) in [6.45, 7) is 5.21. The van der Waals surface area contributed by atoms with E-state index in [1.165, 1.54) is 0 Å². The van der Waals surface area contributed by atoms with Gasteiger partial charge in [-0.25, -0.2) is 0 Å². The van der Waals surface area contributed by atoms with Gasteiger partial charge in [0, 0.05) is 13.0 Å². The second-order valence-electron chi connectivity index (χ2n) is 4.27. The Balaban J connectivity index is 3.34. The second kappa shape index (κ2) is 7.65. The normalized spacial score (nSPS) is 14.9. The fraction of sp³-hybridized carbons (Fsp3) is 0.909. The van der Waals surface area contributed by atoms with Crippen LogP contribution in [0.4, 0.5) is 0 Å². The number of rotatable bonds is 9. The summed E-state index contributed by atoms with van der Waals surface area (Å²) < 4.78 is 0. The van der Waals surface area contributed by atoms with Crippen LogP contribution in [0.1, 0.15) is 46.0 Å². The van der Waals surface area contributed by atoms with E-state index >= 15 is 0 Å². The Labute approximate surface area is 91.7 Å². The van der Waals surface area contributed by atoms with Crippen LogP contribution in [0.2, 0.25) is 0 Å². The molecule has 0 fully saturated rings. The first-order chi connectivity index (χ1) is 6.98. The molecule has 0 aliphatic carbocycles. The van der Waals surface area contributed by atoms with Crippen LogP contribution in [-0.4, -0.2) is 34.9 Å². The zero-order valence-electron chi connectivity index (χ0n) is 9.75. The third kappa shape index (κ3) is 9.69. The summed E-state index contributed by atoms with van der Waals surface area (Å²) in [5.41, 5.74) is -0.637. The summed E-state index contributed by atoms with van der Waals surface area (Å²) in [7, 11) is 0. The zero-order chi connectivity index (χ0) is 11.7. The summed E-state index contributed by atoms with van der Waals surface area (Å²) in [4.78, 5) is 10.2. The molecule has 15 heavy (non-hydrogen) atoms. The van der Waals surface area contributed by atoms with Crippen LogP contribution >= 0.6 is 0 Å². The SMILES string of the molecule is CCCC(C)(O)CNCCCCC(=O)O. The van der Waals surface area contributed by atoms with Gasteiger partial charge in [0.15, 0.2) is 0 Å². The molecule has 4 nitrogen and oxygen atoms in total. The quantitative estimate of drug-likeness (QED) is 0.510. The molecule has 90 valence electrons. The average Bonchev–Trinajstić information content (AvgIpc) is 2.10. The predicted octanol–water partition coefficient (Wildman–Crippen LogP) is 1.38. The fourth-order valence-corrected chi connectivity index (χ4v) is 1.51. The average molecular weight is 217 g/mol. The largest absolute Gasteiger partial charge is 0.481 e. The maximum atomic E-state index is 10.2. The van der Waals surface area contributed by atoms with Crippen LogP contribution in [0.15, 0.2) is 0 Å². The number of hydrogen-bond acceptors (Lipinski definition) is 3. The van der Waals surface area contributed by atoms with Gasteiger partial charge in [-0.2, -0.15) is 0 Å². The van der Waals surface area contributed by atoms with Gasteiger partial charge in [0.25, 0.3) is 0 Å². The second-order valence-corrected chi connectivity index (χ2v) is 4.27. The van der Waals surface area contributed by atoms with E-state index in [1.54, 1.807) is 0 Å². The van der Waals surface area contributed by atoms with Gasteiger partial charge in [0.1, 0.15) is 0 Å². The van der Waals surface area contributed by atoms with Crippen LogP contribution in [0.3, 0.4) is 0 Å². The molecule has 3 N–H and O–H groups in total. The van der Waals surface area contributed by atoms with Crippen LogP contribution in [0, 0.1) is 0 Å². The van der Waals surface area contributed by atoms with E-state index in [4.69, 9.17) is 5.11 Å². The zero-order valence-corrected chi connectivity index (χ0v) is 9.75. The maximum Gasteiger partial charge on any atom is 0.303 e. The minimum atomic E-state index is -0.743. The van der Waals surface area contributed by atoms with Gasteiger partial charge in [-0.15, -0.1) is 0 Å². The highest BCUT2D eigenvalue weighted by atomic mass is 16.4. The van der Waals surface area contributed by atoms with Crippen LogP contribution in [0.25, 0.3) is 0 Å². The molecule has 0 heterocycles. The van der Waals surface area contributed by atoms with Crippen LogP contribution in [0.5, 0.6) is 0 Å². The molecule has 0 aromatic carbocycles. The summed E-state index contributed by atoms with van der Waals surface area (Å²) in [5, 5.41) is 21.4. The number of carbonyl (C=O) groups is 1. The van der Waals surface area contributed by atoms with E-state index in [1.807, 2.05) is 13.8 Å². The van der Waals surface area contributed by atoms with Crippen molar-refractivity contribution in [2.75, 3.05) is 13.1 Å². The topological polar surface area (TPSA) is 69.6 Å². The van der Waals surface area contributed by atoms with Crippen molar-refractivity contribution in [1.82, 2.24) is 5.32 Å². The first-order valence-corrected chi connectivity index (χ1v) is 5.63. The van der Waals surface area contributed by atoms with Gasteiger partial charge in [0.05, 0.1) is 5.60 Å². The molecular formula is C11H23NO3. The molecule has 1 atom stereocenters. The number of aliphatic carboxylic acids is 1. The van der Waals surface area contributed by atoms with E-state index in [0.29, 0.717) is 13.0 Å². The third-order valence-corrected chi connectivity index (χ3v) is 2.29. The highest BCUT2D eigenvalue weighted by molar-refractivity contribution is 5.66. The van der Waals surface area contributed by atoms with Crippen molar-refractivity contribution in [2.45, 2.75) is 51.6 Å². The highest BCUT2D eigenvalue weighted by Gasteiger charge is 2.17. The highest BCUT2D eigenvalue weighted by Crippen LogP contribution is 2.09. The van der Waals surface area contributed by atoms with E-state index in [-0.39, 0.29) is 6.42 Å². The van der Waals surface area contributed by atoms with E-state index in [2.05, 4.69) is 5.32 Å². The van der Waals surface area contributed by atoms with Crippen molar-refractivity contribution in [3.05, 3.63) is 0 Å². The molecule has 0 radical (unpaired) electrons. The van der Waals surface area contributed by atoms with Crippen LogP contribution < -0.4 is 5.32 Å². The van der Waals surface area contributed by atoms with Crippen molar-refractivity contribution < 1.29 is 15.0 Å². The first-order valence-electron chi connectivity index (χ1n) is 5.63. The van der Waals surface area contributed by atoms with Gasteiger partial charge in [-0.05, 0) is 32.7 Å². The molecule has 0 aromatic rings. The first kappa shape index (κ1) is 14.4. The standard InChI is InChI=1S/C11H23NO3/c1-3-7-11(2,15)9-12-8-5-4-6-10(13)14/h12,15H,3-9H2,1-2H3,(H,13,14). The number of aliphatic hydroxyl groups is 1. The summed E-state index contributed by atoms with van der Waals surface area (Å²) in [5.74, 6) is -0.743. The maximum absolute atomic E-state index is 10.2. The summed E-state index contributed by atoms with van der Waals surface area (Å²) >= 11 is 0. The van der Waals surface area contributed by atoms with E-state index in [9.17, 15) is 9.90 Å². The van der Waals surface area contributed by atoms with Crippen molar-refractivity contribution in [2.24, 2.45) is 0 Å². The van der Waals surface area contributed by atoms with Gasteiger partial charge in [0.2, 0.25) is 0 Å². The van der Waals surface area contributed by atoms with Gasteiger partial charge < -0.3 is 15.5 Å². The number of carboxylic acids is 1. The van der Waals surface area contributed by atoms with Crippen molar-refractivity contribution in [3.63, 3.8) is 0 Å². The Morgan fingerprint density at radius 1 is 1.40 bits per heavy atom. The van der Waals surface area contributed by atoms with Gasteiger partial charge in [-0.3, -0.25) is 4.79 Å². The Kier molecular flexibility index (Phi) is 7.34. The molecule has 0 bridgehead atoms. The molecule has 0 saturated heterocycles. The summed E-state index contributed by atoms with van der Waals surface area (Å²) in [6, 6.07) is 0. The lowest BCUT2D eigenvalue weighted by Crippen LogP contribution is -2.38. The molecule has 0 aliphatic heterocycles.